The van der Waals surface area contributed by atoms with E-state index in [1.54, 1.807) is 18.6 Å². The number of likely N-dealkylation sites (tertiary alicyclic amines) is 1. The summed E-state index contributed by atoms with van der Waals surface area (Å²) in [5.41, 5.74) is 0. The molecule has 1 atom stereocenters. The lowest BCUT2D eigenvalue weighted by atomic mass is 10.1. The number of ether oxygens (including phenoxy) is 1. The number of rotatable bonds is 5. The van der Waals surface area contributed by atoms with Crippen LogP contribution in [0, 0.1) is 0 Å². The molecule has 2 heterocycles. The van der Waals surface area contributed by atoms with E-state index in [-0.39, 0.29) is 18.1 Å². The molecule has 1 aromatic heterocycles. The third kappa shape index (κ3) is 3.25. The van der Waals surface area contributed by atoms with Crippen molar-refractivity contribution < 1.29 is 9.53 Å². The monoisotopic (exact) mass is 319 g/mol. The number of amides is 1. The zero-order chi connectivity index (χ0) is 15.5. The predicted octanol–water partition coefficient (Wildman–Crippen LogP) is 2.78. The van der Waals surface area contributed by atoms with Crippen molar-refractivity contribution in [3.05, 3.63) is 48.0 Å². The van der Waals surface area contributed by atoms with Gasteiger partial charge in [-0.3, -0.25) is 4.79 Å². The zero-order valence-electron chi connectivity index (χ0n) is 12.4. The van der Waals surface area contributed by atoms with Gasteiger partial charge in [-0.15, -0.1) is 0 Å². The third-order valence-corrected chi connectivity index (χ3v) is 4.15. The van der Waals surface area contributed by atoms with Crippen LogP contribution in [0.4, 0.5) is 0 Å². The summed E-state index contributed by atoms with van der Waals surface area (Å²) in [4.78, 5) is 18.0. The molecule has 1 aliphatic rings. The summed E-state index contributed by atoms with van der Waals surface area (Å²) in [6.45, 7) is 3.23. The van der Waals surface area contributed by atoms with Crippen molar-refractivity contribution in [2.45, 2.75) is 25.5 Å². The Bertz CT molecular complexity index is 639. The molecule has 0 saturated carbocycles. The van der Waals surface area contributed by atoms with Crippen LogP contribution < -0.4 is 4.74 Å². The van der Waals surface area contributed by atoms with Crippen molar-refractivity contribution in [1.29, 1.82) is 0 Å². The second-order valence-corrected chi connectivity index (χ2v) is 5.94. The maximum Gasteiger partial charge on any atom is 0.224 e. The van der Waals surface area contributed by atoms with Gasteiger partial charge in [0, 0.05) is 24.9 Å². The van der Waals surface area contributed by atoms with Crippen LogP contribution in [-0.2, 0) is 4.79 Å². The van der Waals surface area contributed by atoms with Gasteiger partial charge in [-0.05, 0) is 19.1 Å². The fourth-order valence-electron chi connectivity index (χ4n) is 2.45. The Morgan fingerprint density at radius 1 is 1.45 bits per heavy atom. The summed E-state index contributed by atoms with van der Waals surface area (Å²) in [5.74, 6) is 0.813. The van der Waals surface area contributed by atoms with Gasteiger partial charge in [0.15, 0.2) is 0 Å². The highest BCUT2D eigenvalue weighted by molar-refractivity contribution is 6.32. The molecule has 0 N–H and O–H groups in total. The van der Waals surface area contributed by atoms with Crippen LogP contribution in [0.1, 0.15) is 19.4 Å². The van der Waals surface area contributed by atoms with Crippen LogP contribution >= 0.6 is 11.6 Å². The van der Waals surface area contributed by atoms with Crippen LogP contribution in [0.2, 0.25) is 5.02 Å². The molecule has 1 saturated heterocycles. The lowest BCUT2D eigenvalue weighted by molar-refractivity contribution is -0.140. The quantitative estimate of drug-likeness (QED) is 0.851. The van der Waals surface area contributed by atoms with Gasteiger partial charge >= 0.3 is 0 Å². The standard InChI is InChI=1S/C16H18ClN3O2/c1-12(19-7-6-18-11-19)8-16(21)20-9-13(10-20)22-15-5-3-2-4-14(15)17/h2-7,11-13H,8-10H2,1H3/t12-/m1/s1. The van der Waals surface area contributed by atoms with Crippen molar-refractivity contribution in [3.63, 3.8) is 0 Å². The highest BCUT2D eigenvalue weighted by Gasteiger charge is 2.33. The SMILES string of the molecule is C[C@H](CC(=O)N1CC(Oc2ccccc2Cl)C1)n1ccnc1. The van der Waals surface area contributed by atoms with E-state index in [1.807, 2.05) is 40.8 Å². The third-order valence-electron chi connectivity index (χ3n) is 3.83. The van der Waals surface area contributed by atoms with Crippen LogP contribution in [0.3, 0.4) is 0 Å². The van der Waals surface area contributed by atoms with Gasteiger partial charge in [0.1, 0.15) is 11.9 Å². The average Bonchev–Trinajstić information content (AvgIpc) is 2.98. The van der Waals surface area contributed by atoms with Gasteiger partial charge in [-0.2, -0.15) is 0 Å². The smallest absolute Gasteiger partial charge is 0.224 e. The van der Waals surface area contributed by atoms with E-state index in [4.69, 9.17) is 16.3 Å². The highest BCUT2D eigenvalue weighted by Crippen LogP contribution is 2.27. The van der Waals surface area contributed by atoms with E-state index in [0.717, 1.165) is 0 Å². The van der Waals surface area contributed by atoms with Crippen LogP contribution in [-0.4, -0.2) is 39.6 Å². The maximum atomic E-state index is 12.2. The van der Waals surface area contributed by atoms with Gasteiger partial charge in [0.25, 0.3) is 0 Å². The van der Waals surface area contributed by atoms with Crippen LogP contribution in [0.15, 0.2) is 43.0 Å². The molecular formula is C16H18ClN3O2. The molecule has 1 aromatic carbocycles. The summed E-state index contributed by atoms with van der Waals surface area (Å²) in [7, 11) is 0. The largest absolute Gasteiger partial charge is 0.485 e. The molecule has 3 rings (SSSR count). The van der Waals surface area contributed by atoms with E-state index in [9.17, 15) is 4.79 Å². The number of carbonyl (C=O) groups is 1. The Morgan fingerprint density at radius 2 is 2.23 bits per heavy atom. The lowest BCUT2D eigenvalue weighted by Crippen LogP contribution is -2.56. The van der Waals surface area contributed by atoms with Crippen LogP contribution in [0.25, 0.3) is 0 Å². The van der Waals surface area contributed by atoms with Crippen molar-refractivity contribution in [2.24, 2.45) is 0 Å². The van der Waals surface area contributed by atoms with E-state index in [1.165, 1.54) is 0 Å². The summed E-state index contributed by atoms with van der Waals surface area (Å²) in [6, 6.07) is 7.50. The molecule has 0 radical (unpaired) electrons. The number of carbonyl (C=O) groups excluding carboxylic acids is 1. The predicted molar refractivity (Wildman–Crippen MR) is 84.0 cm³/mol. The molecule has 6 heteroatoms. The minimum Gasteiger partial charge on any atom is -0.485 e. The van der Waals surface area contributed by atoms with E-state index in [0.29, 0.717) is 30.3 Å². The Kier molecular flexibility index (Phi) is 4.34. The molecule has 22 heavy (non-hydrogen) atoms. The first-order valence-electron chi connectivity index (χ1n) is 7.30. The number of nitrogens with zero attached hydrogens (tertiary/aromatic N) is 3. The van der Waals surface area contributed by atoms with Gasteiger partial charge < -0.3 is 14.2 Å². The average molecular weight is 320 g/mol. The second kappa shape index (κ2) is 6.40. The Hall–Kier alpha value is -2.01. The van der Waals surface area contributed by atoms with Crippen LogP contribution in [0.5, 0.6) is 5.75 Å². The molecule has 0 aliphatic carbocycles. The Labute approximate surface area is 134 Å². The minimum absolute atomic E-state index is 0.0207. The Balaban J connectivity index is 1.47. The molecule has 1 aliphatic heterocycles. The number of imidazole rings is 1. The maximum absolute atomic E-state index is 12.2. The van der Waals surface area contributed by atoms with Crippen molar-refractivity contribution >= 4 is 17.5 Å². The van der Waals surface area contributed by atoms with E-state index < -0.39 is 0 Å². The van der Waals surface area contributed by atoms with Gasteiger partial charge in [0.2, 0.25) is 5.91 Å². The molecule has 5 nitrogen and oxygen atoms in total. The number of hydrogen-bond donors (Lipinski definition) is 0. The van der Waals surface area contributed by atoms with E-state index >= 15 is 0 Å². The highest BCUT2D eigenvalue weighted by atomic mass is 35.5. The topological polar surface area (TPSA) is 47.4 Å². The minimum atomic E-state index is 0.0207. The first-order chi connectivity index (χ1) is 10.6. The molecule has 1 amide bonds. The second-order valence-electron chi connectivity index (χ2n) is 5.53. The number of para-hydroxylation sites is 1. The number of aromatic nitrogens is 2. The number of hydrogen-bond acceptors (Lipinski definition) is 3. The van der Waals surface area contributed by atoms with Gasteiger partial charge in [-0.1, -0.05) is 23.7 Å². The fraction of sp³-hybridized carbons (Fsp3) is 0.375. The first kappa shape index (κ1) is 14.9. The van der Waals surface area contributed by atoms with Crippen molar-refractivity contribution in [1.82, 2.24) is 14.5 Å². The molecule has 0 spiro atoms. The van der Waals surface area contributed by atoms with Gasteiger partial charge in [0.05, 0.1) is 24.4 Å². The van der Waals surface area contributed by atoms with E-state index in [2.05, 4.69) is 4.98 Å². The van der Waals surface area contributed by atoms with Crippen molar-refractivity contribution in [3.8, 4) is 5.75 Å². The molecule has 2 aromatic rings. The first-order valence-corrected chi connectivity index (χ1v) is 7.67. The summed E-state index contributed by atoms with van der Waals surface area (Å²) in [6.07, 6.45) is 5.81. The molecular weight excluding hydrogens is 302 g/mol. The van der Waals surface area contributed by atoms with Gasteiger partial charge in [-0.25, -0.2) is 4.98 Å². The molecule has 1 fully saturated rings. The fourth-order valence-corrected chi connectivity index (χ4v) is 2.63. The lowest BCUT2D eigenvalue weighted by Gasteiger charge is -2.39. The molecule has 116 valence electrons. The number of halogens is 1. The van der Waals surface area contributed by atoms with Crippen molar-refractivity contribution in [2.75, 3.05) is 13.1 Å². The molecule has 0 bridgehead atoms. The molecule has 0 unspecified atom stereocenters. The normalized spacial score (nSPS) is 16.2. The summed E-state index contributed by atoms with van der Waals surface area (Å²) < 4.78 is 7.74. The Morgan fingerprint density at radius 3 is 2.91 bits per heavy atom. The number of benzene rings is 1. The summed E-state index contributed by atoms with van der Waals surface area (Å²) >= 11 is 6.06. The summed E-state index contributed by atoms with van der Waals surface area (Å²) in [5, 5.41) is 0.598. The zero-order valence-corrected chi connectivity index (χ0v) is 13.1.